The number of hydrogen-bond acceptors (Lipinski definition) is 7. The number of halogens is 2. The van der Waals surface area contributed by atoms with Gasteiger partial charge in [0, 0.05) is 37.8 Å². The van der Waals surface area contributed by atoms with E-state index >= 15 is 0 Å². The van der Waals surface area contributed by atoms with Crippen LogP contribution in [0.4, 0.5) is 6.01 Å². The van der Waals surface area contributed by atoms with Crippen molar-refractivity contribution in [2.75, 3.05) is 37.7 Å². The normalized spacial score (nSPS) is 17.8. The lowest BCUT2D eigenvalue weighted by Gasteiger charge is -2.33. The van der Waals surface area contributed by atoms with Gasteiger partial charge in [-0.1, -0.05) is 30.1 Å². The summed E-state index contributed by atoms with van der Waals surface area (Å²) in [7, 11) is 0. The maximum absolute atomic E-state index is 12.9. The van der Waals surface area contributed by atoms with Gasteiger partial charge in [0.25, 0.3) is 11.9 Å². The third-order valence-electron chi connectivity index (χ3n) is 5.76. The molecule has 162 valence electrons. The highest BCUT2D eigenvalue weighted by Crippen LogP contribution is 2.45. The number of carbonyl (C=O) groups is 1. The number of rotatable bonds is 5. The van der Waals surface area contributed by atoms with Gasteiger partial charge in [-0.15, -0.1) is 0 Å². The molecule has 1 saturated heterocycles. The minimum atomic E-state index is -0.110. The Morgan fingerprint density at radius 3 is 2.68 bits per heavy atom. The number of anilines is 1. The lowest BCUT2D eigenvalue weighted by atomic mass is 10.2. The van der Waals surface area contributed by atoms with Crippen molar-refractivity contribution in [1.82, 2.24) is 19.9 Å². The number of carbonyl (C=O) groups excluding carboxylic acids is 1. The van der Waals surface area contributed by atoms with Gasteiger partial charge in [-0.2, -0.15) is 4.98 Å². The molecule has 1 saturated carbocycles. The Bertz CT molecular complexity index is 1140. The van der Waals surface area contributed by atoms with Crippen LogP contribution in [-0.2, 0) is 0 Å². The summed E-state index contributed by atoms with van der Waals surface area (Å²) in [6, 6.07) is 5.52. The second kappa shape index (κ2) is 7.84. The molecule has 3 aromatic heterocycles. The van der Waals surface area contributed by atoms with Crippen LogP contribution in [0, 0.1) is 5.41 Å². The van der Waals surface area contributed by atoms with Gasteiger partial charge in [0.2, 0.25) is 11.5 Å². The van der Waals surface area contributed by atoms with Gasteiger partial charge in [0.1, 0.15) is 10.2 Å². The number of piperazine rings is 1. The van der Waals surface area contributed by atoms with E-state index in [2.05, 4.69) is 21.9 Å². The van der Waals surface area contributed by atoms with Crippen molar-refractivity contribution in [3.05, 3.63) is 40.1 Å². The zero-order chi connectivity index (χ0) is 21.6. The van der Waals surface area contributed by atoms with Crippen molar-refractivity contribution < 1.29 is 13.9 Å². The smallest absolute Gasteiger partial charge is 0.300 e. The predicted octanol–water partition coefficient (Wildman–Crippen LogP) is 4.07. The fraction of sp³-hybridized carbons (Fsp3) is 0.429. The number of aromatic nitrogens is 3. The highest BCUT2D eigenvalue weighted by Gasteiger charge is 2.38. The zero-order valence-corrected chi connectivity index (χ0v) is 18.5. The van der Waals surface area contributed by atoms with E-state index in [1.54, 1.807) is 23.1 Å². The number of fused-ring (bicyclic) bond motifs is 1. The van der Waals surface area contributed by atoms with Gasteiger partial charge in [0.15, 0.2) is 5.58 Å². The van der Waals surface area contributed by atoms with Gasteiger partial charge in [-0.25, -0.2) is 9.97 Å². The molecule has 1 aliphatic carbocycles. The number of amides is 1. The molecule has 0 unspecified atom stereocenters. The first kappa shape index (κ1) is 20.3. The van der Waals surface area contributed by atoms with Crippen molar-refractivity contribution >= 4 is 46.4 Å². The highest BCUT2D eigenvalue weighted by atomic mass is 35.5. The van der Waals surface area contributed by atoms with E-state index in [1.807, 2.05) is 4.90 Å². The maximum Gasteiger partial charge on any atom is 0.300 e. The number of pyridine rings is 2. The summed E-state index contributed by atoms with van der Waals surface area (Å²) in [4.78, 5) is 29.5. The molecule has 2 aliphatic rings. The maximum atomic E-state index is 12.9. The predicted molar refractivity (Wildman–Crippen MR) is 117 cm³/mol. The minimum Gasteiger partial charge on any atom is -0.476 e. The van der Waals surface area contributed by atoms with Gasteiger partial charge in [-0.05, 0) is 31.0 Å². The average Bonchev–Trinajstić information content (AvgIpc) is 3.36. The molecular weight excluding hydrogens is 441 g/mol. The molecule has 0 N–H and O–H groups in total. The van der Waals surface area contributed by atoms with Crippen LogP contribution in [0.2, 0.25) is 10.2 Å². The van der Waals surface area contributed by atoms with Crippen LogP contribution in [0.15, 0.2) is 28.8 Å². The standard InChI is InChI=1S/C21H21Cl2N5O3/c1-21(4-5-21)12-30-18-14(22)10-13(11-24-18)19(29)27-6-8-28(9-7-27)20-26-17-15(31-20)2-3-16(23)25-17/h2-3,10-11H,4-9,12H2,1H3. The lowest BCUT2D eigenvalue weighted by Crippen LogP contribution is -2.49. The molecule has 0 aromatic carbocycles. The molecule has 0 bridgehead atoms. The molecule has 4 heterocycles. The summed E-state index contributed by atoms with van der Waals surface area (Å²) in [5.74, 6) is 0.265. The molecular formula is C21H21Cl2N5O3. The second-order valence-corrected chi connectivity index (χ2v) is 9.14. The topological polar surface area (TPSA) is 84.6 Å². The summed E-state index contributed by atoms with van der Waals surface area (Å²) in [6.45, 7) is 5.00. The molecule has 0 atom stereocenters. The number of nitrogens with zero attached hydrogens (tertiary/aromatic N) is 5. The van der Waals surface area contributed by atoms with Crippen LogP contribution >= 0.6 is 23.2 Å². The third kappa shape index (κ3) is 4.27. The van der Waals surface area contributed by atoms with Crippen molar-refractivity contribution in [3.8, 4) is 5.88 Å². The number of hydrogen-bond donors (Lipinski definition) is 0. The molecule has 5 rings (SSSR count). The minimum absolute atomic E-state index is 0.110. The number of ether oxygens (including phenoxy) is 1. The van der Waals surface area contributed by atoms with Crippen LogP contribution in [0.25, 0.3) is 11.2 Å². The van der Waals surface area contributed by atoms with Gasteiger partial charge < -0.3 is 19.0 Å². The fourth-order valence-corrected chi connectivity index (χ4v) is 3.82. The largest absolute Gasteiger partial charge is 0.476 e. The first-order valence-corrected chi connectivity index (χ1v) is 10.9. The molecule has 0 spiro atoms. The zero-order valence-electron chi connectivity index (χ0n) is 17.0. The molecule has 1 amide bonds. The highest BCUT2D eigenvalue weighted by molar-refractivity contribution is 6.32. The van der Waals surface area contributed by atoms with E-state index in [1.165, 1.54) is 6.20 Å². The van der Waals surface area contributed by atoms with Gasteiger partial charge in [-0.3, -0.25) is 4.79 Å². The van der Waals surface area contributed by atoms with Crippen molar-refractivity contribution in [1.29, 1.82) is 0 Å². The third-order valence-corrected chi connectivity index (χ3v) is 6.24. The quantitative estimate of drug-likeness (QED) is 0.529. The van der Waals surface area contributed by atoms with E-state index in [4.69, 9.17) is 32.4 Å². The van der Waals surface area contributed by atoms with E-state index in [0.29, 0.717) is 71.6 Å². The summed E-state index contributed by atoms with van der Waals surface area (Å²) >= 11 is 12.2. The number of oxazole rings is 1. The molecule has 10 heteroatoms. The second-order valence-electron chi connectivity index (χ2n) is 8.34. The Hall–Kier alpha value is -2.58. The molecule has 31 heavy (non-hydrogen) atoms. The van der Waals surface area contributed by atoms with Gasteiger partial charge in [0.05, 0.1) is 12.2 Å². The molecule has 8 nitrogen and oxygen atoms in total. The first-order valence-electron chi connectivity index (χ1n) is 10.2. The Labute approximate surface area is 189 Å². The van der Waals surface area contributed by atoms with Crippen LogP contribution < -0.4 is 9.64 Å². The van der Waals surface area contributed by atoms with Crippen LogP contribution in [-0.4, -0.2) is 58.5 Å². The molecule has 1 aliphatic heterocycles. The molecule has 3 aromatic rings. The summed E-state index contributed by atoms with van der Waals surface area (Å²) in [5.41, 5.74) is 1.73. The lowest BCUT2D eigenvalue weighted by molar-refractivity contribution is 0.0744. The summed E-state index contributed by atoms with van der Waals surface area (Å²) in [6.07, 6.45) is 3.84. The Morgan fingerprint density at radius 2 is 1.97 bits per heavy atom. The van der Waals surface area contributed by atoms with Crippen molar-refractivity contribution in [3.63, 3.8) is 0 Å². The van der Waals surface area contributed by atoms with Crippen LogP contribution in [0.5, 0.6) is 5.88 Å². The van der Waals surface area contributed by atoms with E-state index < -0.39 is 0 Å². The average molecular weight is 462 g/mol. The molecule has 0 radical (unpaired) electrons. The monoisotopic (exact) mass is 461 g/mol. The van der Waals surface area contributed by atoms with E-state index in [0.717, 1.165) is 12.8 Å². The van der Waals surface area contributed by atoms with Crippen molar-refractivity contribution in [2.45, 2.75) is 19.8 Å². The summed E-state index contributed by atoms with van der Waals surface area (Å²) in [5, 5.41) is 0.722. The SMILES string of the molecule is CC1(COc2ncc(C(=O)N3CCN(c4nc5nc(Cl)ccc5o4)CC3)cc2Cl)CC1. The van der Waals surface area contributed by atoms with Crippen LogP contribution in [0.3, 0.4) is 0 Å². The first-order chi connectivity index (χ1) is 14.9. The summed E-state index contributed by atoms with van der Waals surface area (Å²) < 4.78 is 11.5. The Balaban J connectivity index is 1.21. The Morgan fingerprint density at radius 1 is 1.19 bits per heavy atom. The van der Waals surface area contributed by atoms with E-state index in [-0.39, 0.29) is 11.3 Å². The fourth-order valence-electron chi connectivity index (χ4n) is 3.45. The van der Waals surface area contributed by atoms with Gasteiger partial charge >= 0.3 is 0 Å². The van der Waals surface area contributed by atoms with Crippen LogP contribution in [0.1, 0.15) is 30.1 Å². The van der Waals surface area contributed by atoms with Crippen molar-refractivity contribution in [2.24, 2.45) is 5.41 Å². The Kier molecular flexibility index (Phi) is 5.14. The van der Waals surface area contributed by atoms with E-state index in [9.17, 15) is 4.79 Å². The molecule has 2 fully saturated rings.